The summed E-state index contributed by atoms with van der Waals surface area (Å²) in [6.45, 7) is 6.14. The molecule has 34 heavy (non-hydrogen) atoms. The molecule has 0 saturated carbocycles. The zero-order chi connectivity index (χ0) is 22.3. The third kappa shape index (κ3) is 7.06. The molecule has 1 saturated heterocycles. The molecule has 0 aliphatic carbocycles. The van der Waals surface area contributed by atoms with Gasteiger partial charge in [-0.2, -0.15) is 4.98 Å². The van der Waals surface area contributed by atoms with Crippen molar-refractivity contribution in [2.45, 2.75) is 51.3 Å². The van der Waals surface area contributed by atoms with Crippen molar-refractivity contribution in [2.24, 2.45) is 0 Å². The Kier molecular flexibility index (Phi) is 11.5. The van der Waals surface area contributed by atoms with E-state index in [2.05, 4.69) is 27.3 Å². The van der Waals surface area contributed by atoms with Gasteiger partial charge in [-0.1, -0.05) is 24.3 Å². The molecular formula is C25H35Cl2N3O4. The Morgan fingerprint density at radius 1 is 1.21 bits per heavy atom. The Bertz CT molecular complexity index is 923. The summed E-state index contributed by atoms with van der Waals surface area (Å²) in [5, 5.41) is 14.1. The van der Waals surface area contributed by atoms with E-state index in [-0.39, 0.29) is 43.1 Å². The molecule has 2 atom stereocenters. The summed E-state index contributed by atoms with van der Waals surface area (Å²) in [6, 6.07) is 11.9. The highest BCUT2D eigenvalue weighted by atomic mass is 35.5. The number of nitrogens with zero attached hydrogens (tertiary/aromatic N) is 2. The number of ether oxygens (including phenoxy) is 2. The highest BCUT2D eigenvalue weighted by Gasteiger charge is 2.26. The van der Waals surface area contributed by atoms with E-state index in [0.29, 0.717) is 31.1 Å². The van der Waals surface area contributed by atoms with Crippen LogP contribution in [0.1, 0.15) is 47.7 Å². The van der Waals surface area contributed by atoms with Crippen LogP contribution in [0.25, 0.3) is 0 Å². The number of pyridine rings is 1. The number of hydrogen-bond acceptors (Lipinski definition) is 7. The maximum absolute atomic E-state index is 13.0. The van der Waals surface area contributed by atoms with Crippen LogP contribution < -0.4 is 15.0 Å². The summed E-state index contributed by atoms with van der Waals surface area (Å²) in [5.74, 6) is 1.13. The average molecular weight is 512 g/mol. The van der Waals surface area contributed by atoms with Gasteiger partial charge in [0, 0.05) is 38.7 Å². The second kappa shape index (κ2) is 13.9. The van der Waals surface area contributed by atoms with Crippen molar-refractivity contribution in [3.8, 4) is 5.88 Å². The molecule has 188 valence electrons. The van der Waals surface area contributed by atoms with E-state index in [1.807, 2.05) is 31.2 Å². The topological polar surface area (TPSA) is 83.9 Å². The SMILES string of the molecule is CCOc1nc(N2CCCOCC2)ccc1C(=O)CC[C@@H](O)[C@@H]1Cc2ccccc2CN1.Cl.Cl. The number of rotatable bonds is 8. The average Bonchev–Trinajstić information content (AvgIpc) is 3.12. The maximum atomic E-state index is 13.0. The molecule has 7 nitrogen and oxygen atoms in total. The predicted octanol–water partition coefficient (Wildman–Crippen LogP) is 3.59. The number of aliphatic hydroxyl groups is 1. The standard InChI is InChI=1S/C25H33N3O4.2ClH/c1-2-32-25-20(8-11-24(27-25)28-12-5-14-31-15-13-28)22(29)9-10-23(30)21-16-18-6-3-4-7-19(18)17-26-21;;/h3-4,6-8,11,21,23,26,30H,2,5,9-10,12-17H2,1H3;2*1H/t21-,23+;;/m0../s1. The first-order chi connectivity index (χ1) is 15.7. The molecule has 1 aromatic heterocycles. The van der Waals surface area contributed by atoms with Gasteiger partial charge in [-0.25, -0.2) is 0 Å². The number of ketones is 1. The second-order valence-electron chi connectivity index (χ2n) is 8.40. The molecule has 2 aliphatic heterocycles. The molecule has 0 bridgehead atoms. The zero-order valence-corrected chi connectivity index (χ0v) is 21.2. The lowest BCUT2D eigenvalue weighted by Crippen LogP contribution is -2.44. The van der Waals surface area contributed by atoms with Crippen LogP contribution in [-0.4, -0.2) is 60.9 Å². The molecule has 3 heterocycles. The minimum absolute atomic E-state index is 0. The van der Waals surface area contributed by atoms with E-state index >= 15 is 0 Å². The van der Waals surface area contributed by atoms with Crippen molar-refractivity contribution in [1.82, 2.24) is 10.3 Å². The highest BCUT2D eigenvalue weighted by molar-refractivity contribution is 5.98. The molecule has 2 aromatic rings. The highest BCUT2D eigenvalue weighted by Crippen LogP contribution is 2.25. The number of carbonyl (C=O) groups is 1. The summed E-state index contributed by atoms with van der Waals surface area (Å²) in [5.41, 5.74) is 3.02. The lowest BCUT2D eigenvalue weighted by molar-refractivity contribution is 0.0873. The van der Waals surface area contributed by atoms with Gasteiger partial charge in [-0.15, -0.1) is 24.8 Å². The Morgan fingerprint density at radius 2 is 2.00 bits per heavy atom. The molecule has 1 aromatic carbocycles. The molecule has 2 aliphatic rings. The molecule has 0 amide bonds. The van der Waals surface area contributed by atoms with Crippen LogP contribution in [0.2, 0.25) is 0 Å². The van der Waals surface area contributed by atoms with E-state index in [1.54, 1.807) is 0 Å². The van der Waals surface area contributed by atoms with Crippen LogP contribution in [0.3, 0.4) is 0 Å². The first kappa shape index (κ1) is 28.3. The maximum Gasteiger partial charge on any atom is 0.226 e. The van der Waals surface area contributed by atoms with Gasteiger partial charge in [0.1, 0.15) is 5.82 Å². The first-order valence-corrected chi connectivity index (χ1v) is 11.6. The van der Waals surface area contributed by atoms with Gasteiger partial charge in [0.25, 0.3) is 0 Å². The quantitative estimate of drug-likeness (QED) is 0.523. The van der Waals surface area contributed by atoms with Gasteiger partial charge in [0.05, 0.1) is 24.9 Å². The lowest BCUT2D eigenvalue weighted by atomic mass is 9.91. The van der Waals surface area contributed by atoms with E-state index < -0.39 is 6.10 Å². The van der Waals surface area contributed by atoms with E-state index in [1.165, 1.54) is 11.1 Å². The van der Waals surface area contributed by atoms with Crippen LogP contribution in [0, 0.1) is 0 Å². The van der Waals surface area contributed by atoms with Crippen LogP contribution in [-0.2, 0) is 17.7 Å². The van der Waals surface area contributed by atoms with E-state index in [9.17, 15) is 9.90 Å². The first-order valence-electron chi connectivity index (χ1n) is 11.6. The zero-order valence-electron chi connectivity index (χ0n) is 19.6. The molecule has 2 N–H and O–H groups in total. The van der Waals surface area contributed by atoms with Crippen LogP contribution in [0.15, 0.2) is 36.4 Å². The van der Waals surface area contributed by atoms with Gasteiger partial charge < -0.3 is 24.8 Å². The fourth-order valence-corrected chi connectivity index (χ4v) is 4.41. The molecule has 1 fully saturated rings. The summed E-state index contributed by atoms with van der Waals surface area (Å²) in [6.07, 6.45) is 1.78. The molecule has 9 heteroatoms. The van der Waals surface area contributed by atoms with Crippen molar-refractivity contribution < 1.29 is 19.4 Å². The van der Waals surface area contributed by atoms with Crippen LogP contribution in [0.5, 0.6) is 5.88 Å². The van der Waals surface area contributed by atoms with Crippen molar-refractivity contribution in [1.29, 1.82) is 0 Å². The fourth-order valence-electron chi connectivity index (χ4n) is 4.41. The third-order valence-electron chi connectivity index (χ3n) is 6.22. The number of Topliss-reactive ketones (excluding diaryl/α,β-unsaturated/α-hetero) is 1. The monoisotopic (exact) mass is 511 g/mol. The number of fused-ring (bicyclic) bond motifs is 1. The molecule has 4 rings (SSSR count). The number of aliphatic hydroxyl groups excluding tert-OH is 1. The Hall–Kier alpha value is -1.90. The summed E-state index contributed by atoms with van der Waals surface area (Å²) in [4.78, 5) is 19.8. The fraction of sp³-hybridized carbons (Fsp3) is 0.520. The normalized spacial score (nSPS) is 18.5. The number of carbonyl (C=O) groups excluding carboxylic acids is 1. The van der Waals surface area contributed by atoms with E-state index in [4.69, 9.17) is 9.47 Å². The van der Waals surface area contributed by atoms with Crippen LogP contribution in [0.4, 0.5) is 5.82 Å². The van der Waals surface area contributed by atoms with Crippen LogP contribution >= 0.6 is 24.8 Å². The summed E-state index contributed by atoms with van der Waals surface area (Å²) >= 11 is 0. The molecule has 0 radical (unpaired) electrons. The van der Waals surface area contributed by atoms with Crippen molar-refractivity contribution in [2.75, 3.05) is 37.8 Å². The molecule has 0 unspecified atom stereocenters. The number of halogens is 2. The molecule has 0 spiro atoms. The number of hydrogen-bond donors (Lipinski definition) is 2. The van der Waals surface area contributed by atoms with Gasteiger partial charge in [-0.3, -0.25) is 4.79 Å². The number of benzene rings is 1. The molecular weight excluding hydrogens is 477 g/mol. The summed E-state index contributed by atoms with van der Waals surface area (Å²) in [7, 11) is 0. The third-order valence-corrected chi connectivity index (χ3v) is 6.22. The summed E-state index contributed by atoms with van der Waals surface area (Å²) < 4.78 is 11.2. The Labute approximate surface area is 214 Å². The lowest BCUT2D eigenvalue weighted by Gasteiger charge is -2.29. The predicted molar refractivity (Wildman–Crippen MR) is 138 cm³/mol. The Balaban J connectivity index is 0.00000204. The van der Waals surface area contributed by atoms with Gasteiger partial charge in [0.2, 0.25) is 5.88 Å². The minimum Gasteiger partial charge on any atom is -0.477 e. The number of anilines is 1. The second-order valence-corrected chi connectivity index (χ2v) is 8.40. The minimum atomic E-state index is -0.591. The van der Waals surface area contributed by atoms with Crippen molar-refractivity contribution in [3.05, 3.63) is 53.1 Å². The smallest absolute Gasteiger partial charge is 0.226 e. The van der Waals surface area contributed by atoms with Gasteiger partial charge in [-0.05, 0) is 49.4 Å². The van der Waals surface area contributed by atoms with Crippen molar-refractivity contribution in [3.63, 3.8) is 0 Å². The number of aromatic nitrogens is 1. The van der Waals surface area contributed by atoms with Gasteiger partial charge >= 0.3 is 0 Å². The number of nitrogens with one attached hydrogen (secondary N) is 1. The largest absolute Gasteiger partial charge is 0.477 e. The van der Waals surface area contributed by atoms with E-state index in [0.717, 1.165) is 44.9 Å². The Morgan fingerprint density at radius 3 is 2.79 bits per heavy atom. The van der Waals surface area contributed by atoms with Crippen molar-refractivity contribution >= 4 is 36.4 Å². The van der Waals surface area contributed by atoms with Gasteiger partial charge in [0.15, 0.2) is 5.78 Å².